The molecule has 0 aliphatic carbocycles. The van der Waals surface area contributed by atoms with Crippen molar-refractivity contribution in [2.45, 2.75) is 65.2 Å². The Labute approximate surface area is 131 Å². The van der Waals surface area contributed by atoms with Gasteiger partial charge in [0.15, 0.2) is 0 Å². The van der Waals surface area contributed by atoms with Crippen LogP contribution in [0.2, 0.25) is 0 Å². The van der Waals surface area contributed by atoms with E-state index in [-0.39, 0.29) is 0 Å². The first-order valence-electron chi connectivity index (χ1n) is 8.78. The Morgan fingerprint density at radius 3 is 2.24 bits per heavy atom. The van der Waals surface area contributed by atoms with Gasteiger partial charge in [-0.1, -0.05) is 39.3 Å². The zero-order valence-electron chi connectivity index (χ0n) is 14.2. The highest BCUT2D eigenvalue weighted by Gasteiger charge is 1.99. The molecule has 0 saturated heterocycles. The molecule has 0 atom stereocenters. The number of hydrogen-bond acceptors (Lipinski definition) is 1. The van der Waals surface area contributed by atoms with Crippen molar-refractivity contribution in [2.24, 2.45) is 0 Å². The topological polar surface area (TPSA) is 25.8 Å². The van der Waals surface area contributed by atoms with Gasteiger partial charge in [-0.15, -0.1) is 0 Å². The van der Waals surface area contributed by atoms with Gasteiger partial charge in [0.2, 0.25) is 0 Å². The summed E-state index contributed by atoms with van der Waals surface area (Å²) in [6.45, 7) is 10.1. The maximum Gasteiger partial charge on any atom is 0.119 e. The minimum atomic E-state index is 0.591. The van der Waals surface area contributed by atoms with Gasteiger partial charge in [0, 0.05) is 0 Å². The zero-order chi connectivity index (χ0) is 15.3. The minimum Gasteiger partial charge on any atom is -0.494 e. The number of nitrogens with two attached hydrogens (primary N) is 1. The monoisotopic (exact) mass is 292 g/mol. The molecule has 2 N–H and O–H groups in total. The lowest BCUT2D eigenvalue weighted by molar-refractivity contribution is -0.655. The van der Waals surface area contributed by atoms with Crippen LogP contribution in [0.4, 0.5) is 0 Å². The standard InChI is InChI=1S/C19H33NO/c1-4-5-14-20-15-8-6-7-9-16-21-19-12-10-18(11-13-19)17(2)3/h10-13,17,20H,4-9,14-16H2,1-3H3/p+1. The second kappa shape index (κ2) is 11.6. The van der Waals surface area contributed by atoms with Crippen molar-refractivity contribution < 1.29 is 10.1 Å². The van der Waals surface area contributed by atoms with E-state index in [4.69, 9.17) is 4.74 Å². The van der Waals surface area contributed by atoms with Crippen LogP contribution in [0, 0.1) is 0 Å². The van der Waals surface area contributed by atoms with Crippen LogP contribution in [0.5, 0.6) is 5.75 Å². The molecule has 21 heavy (non-hydrogen) atoms. The molecule has 0 fully saturated rings. The first-order chi connectivity index (χ1) is 10.2. The Bertz CT molecular complexity index is 345. The number of rotatable bonds is 12. The molecule has 0 spiro atoms. The van der Waals surface area contributed by atoms with Crippen molar-refractivity contribution in [1.29, 1.82) is 0 Å². The Hall–Kier alpha value is -1.02. The lowest BCUT2D eigenvalue weighted by atomic mass is 10.0. The van der Waals surface area contributed by atoms with E-state index in [0.29, 0.717) is 5.92 Å². The summed E-state index contributed by atoms with van der Waals surface area (Å²) in [6.07, 6.45) is 7.78. The summed E-state index contributed by atoms with van der Waals surface area (Å²) in [7, 11) is 0. The van der Waals surface area contributed by atoms with Crippen LogP contribution in [0.15, 0.2) is 24.3 Å². The molecule has 0 heterocycles. The zero-order valence-corrected chi connectivity index (χ0v) is 14.2. The summed E-state index contributed by atoms with van der Waals surface area (Å²) in [5.74, 6) is 1.60. The van der Waals surface area contributed by atoms with E-state index in [1.165, 1.54) is 57.2 Å². The highest BCUT2D eigenvalue weighted by atomic mass is 16.5. The van der Waals surface area contributed by atoms with Gasteiger partial charge in [-0.05, 0) is 55.7 Å². The van der Waals surface area contributed by atoms with E-state index < -0.39 is 0 Å². The Morgan fingerprint density at radius 2 is 1.57 bits per heavy atom. The van der Waals surface area contributed by atoms with Gasteiger partial charge < -0.3 is 10.1 Å². The van der Waals surface area contributed by atoms with Gasteiger partial charge in [0.1, 0.15) is 5.75 Å². The van der Waals surface area contributed by atoms with Crippen molar-refractivity contribution in [3.05, 3.63) is 29.8 Å². The molecule has 0 aromatic heterocycles. The van der Waals surface area contributed by atoms with Crippen LogP contribution in [0.25, 0.3) is 0 Å². The molecule has 1 rings (SSSR count). The average molecular weight is 292 g/mol. The smallest absolute Gasteiger partial charge is 0.119 e. The number of ether oxygens (including phenoxy) is 1. The number of hydrogen-bond donors (Lipinski definition) is 1. The summed E-state index contributed by atoms with van der Waals surface area (Å²) in [6, 6.07) is 8.54. The molecule has 1 aromatic carbocycles. The second-order valence-electron chi connectivity index (χ2n) is 6.21. The Balaban J connectivity index is 1.96. The molecule has 2 heteroatoms. The molecule has 0 amide bonds. The van der Waals surface area contributed by atoms with E-state index in [2.05, 4.69) is 50.4 Å². The molecule has 0 radical (unpaired) electrons. The van der Waals surface area contributed by atoms with E-state index >= 15 is 0 Å². The summed E-state index contributed by atoms with van der Waals surface area (Å²) in [5, 5.41) is 2.45. The molecule has 0 bridgehead atoms. The Kier molecular flexibility index (Phi) is 9.98. The van der Waals surface area contributed by atoms with Gasteiger partial charge in [0.05, 0.1) is 19.7 Å². The molecule has 2 nitrogen and oxygen atoms in total. The van der Waals surface area contributed by atoms with Crippen molar-refractivity contribution >= 4 is 0 Å². The van der Waals surface area contributed by atoms with Crippen LogP contribution >= 0.6 is 0 Å². The molecule has 0 aliphatic heterocycles. The van der Waals surface area contributed by atoms with Gasteiger partial charge in [-0.2, -0.15) is 0 Å². The van der Waals surface area contributed by atoms with Crippen molar-refractivity contribution in [3.63, 3.8) is 0 Å². The van der Waals surface area contributed by atoms with Gasteiger partial charge in [0.25, 0.3) is 0 Å². The number of benzene rings is 1. The summed E-state index contributed by atoms with van der Waals surface area (Å²) < 4.78 is 5.79. The van der Waals surface area contributed by atoms with E-state index in [1.807, 2.05) is 0 Å². The lowest BCUT2D eigenvalue weighted by Gasteiger charge is -2.09. The highest BCUT2D eigenvalue weighted by molar-refractivity contribution is 5.28. The van der Waals surface area contributed by atoms with Crippen LogP contribution in [0.3, 0.4) is 0 Å². The fourth-order valence-electron chi connectivity index (χ4n) is 2.38. The maximum atomic E-state index is 5.79. The van der Waals surface area contributed by atoms with Crippen molar-refractivity contribution in [1.82, 2.24) is 0 Å². The Morgan fingerprint density at radius 1 is 0.905 bits per heavy atom. The fourth-order valence-corrected chi connectivity index (χ4v) is 2.38. The normalized spacial score (nSPS) is 11.0. The molecule has 0 unspecified atom stereocenters. The lowest BCUT2D eigenvalue weighted by Crippen LogP contribution is -2.84. The number of unbranched alkanes of at least 4 members (excludes halogenated alkanes) is 4. The van der Waals surface area contributed by atoms with Gasteiger partial charge in [-0.3, -0.25) is 0 Å². The predicted octanol–water partition coefficient (Wildman–Crippen LogP) is 4.11. The van der Waals surface area contributed by atoms with Gasteiger partial charge in [-0.25, -0.2) is 0 Å². The summed E-state index contributed by atoms with van der Waals surface area (Å²) >= 11 is 0. The minimum absolute atomic E-state index is 0.591. The molecule has 0 aliphatic rings. The first-order valence-corrected chi connectivity index (χ1v) is 8.78. The first kappa shape index (κ1) is 18.0. The van der Waals surface area contributed by atoms with E-state index in [0.717, 1.165) is 12.4 Å². The molecule has 120 valence electrons. The van der Waals surface area contributed by atoms with E-state index in [9.17, 15) is 0 Å². The number of quaternary nitrogens is 1. The van der Waals surface area contributed by atoms with Gasteiger partial charge >= 0.3 is 0 Å². The SMILES string of the molecule is CCCC[NH2+]CCCCCCOc1ccc(C(C)C)cc1. The van der Waals surface area contributed by atoms with Crippen LogP contribution in [0.1, 0.15) is 70.8 Å². The second-order valence-corrected chi connectivity index (χ2v) is 6.21. The third kappa shape index (κ3) is 8.77. The molecular weight excluding hydrogens is 258 g/mol. The quantitative estimate of drug-likeness (QED) is 0.576. The molecule has 1 aromatic rings. The third-order valence-corrected chi connectivity index (χ3v) is 3.88. The largest absolute Gasteiger partial charge is 0.494 e. The molecule has 0 saturated carbocycles. The average Bonchev–Trinajstić information content (AvgIpc) is 2.49. The van der Waals surface area contributed by atoms with Crippen LogP contribution in [-0.2, 0) is 0 Å². The predicted molar refractivity (Wildman–Crippen MR) is 91.1 cm³/mol. The third-order valence-electron chi connectivity index (χ3n) is 3.88. The van der Waals surface area contributed by atoms with Crippen molar-refractivity contribution in [3.8, 4) is 5.75 Å². The van der Waals surface area contributed by atoms with Crippen molar-refractivity contribution in [2.75, 3.05) is 19.7 Å². The van der Waals surface area contributed by atoms with E-state index in [1.54, 1.807) is 0 Å². The fraction of sp³-hybridized carbons (Fsp3) is 0.684. The highest BCUT2D eigenvalue weighted by Crippen LogP contribution is 2.18. The summed E-state index contributed by atoms with van der Waals surface area (Å²) in [5.41, 5.74) is 1.38. The molecular formula is C19H34NO+. The van der Waals surface area contributed by atoms with Crippen LogP contribution < -0.4 is 10.1 Å². The maximum absolute atomic E-state index is 5.79. The summed E-state index contributed by atoms with van der Waals surface area (Å²) in [4.78, 5) is 0. The van der Waals surface area contributed by atoms with Crippen LogP contribution in [-0.4, -0.2) is 19.7 Å².